The van der Waals surface area contributed by atoms with Crippen molar-refractivity contribution in [2.75, 3.05) is 0 Å². The zero-order valence-corrected chi connectivity index (χ0v) is 21.0. The summed E-state index contributed by atoms with van der Waals surface area (Å²) in [6.45, 7) is 0.154. The van der Waals surface area contributed by atoms with Crippen molar-refractivity contribution in [1.82, 2.24) is 15.6 Å². The van der Waals surface area contributed by atoms with Gasteiger partial charge in [0.25, 0.3) is 0 Å². The van der Waals surface area contributed by atoms with Crippen LogP contribution in [-0.4, -0.2) is 40.1 Å². The van der Waals surface area contributed by atoms with E-state index >= 15 is 0 Å². The topological polar surface area (TPSA) is 144 Å². The van der Waals surface area contributed by atoms with Gasteiger partial charge in [-0.3, -0.25) is 14.6 Å². The summed E-state index contributed by atoms with van der Waals surface area (Å²) >= 11 is 0. The molecular formula is C28H36N4O5. The summed E-state index contributed by atoms with van der Waals surface area (Å²) in [6, 6.07) is 10.4. The summed E-state index contributed by atoms with van der Waals surface area (Å²) < 4.78 is 5.39. The number of ether oxygens (including phenoxy) is 1. The highest BCUT2D eigenvalue weighted by molar-refractivity contribution is 5.88. The Balaban J connectivity index is 1.34. The predicted molar refractivity (Wildman–Crippen MR) is 137 cm³/mol. The lowest BCUT2D eigenvalue weighted by Gasteiger charge is -2.32. The van der Waals surface area contributed by atoms with E-state index in [-0.39, 0.29) is 36.5 Å². The first-order chi connectivity index (χ1) is 17.9. The molecular weight excluding hydrogens is 472 g/mol. The standard InChI is InChI=1S/C28H36N4O5/c29-26(34)25(20-4-3-15-30-16-20)32-27(35)24-6-2-1-5-23(24)19-9-7-18(8-10-19)17-37-28(36)31-21-11-13-22(33)14-12-21/h3-4,7-10,15-16,21-25,33H,1-2,5-6,11-14,17H2,(H2,29,34)(H,31,36)(H,32,35). The second-order valence-corrected chi connectivity index (χ2v) is 10.1. The lowest BCUT2D eigenvalue weighted by atomic mass is 9.74. The Kier molecular flexibility index (Phi) is 9.11. The number of primary amides is 1. The van der Waals surface area contributed by atoms with Crippen molar-refractivity contribution in [3.05, 3.63) is 65.5 Å². The van der Waals surface area contributed by atoms with E-state index in [9.17, 15) is 19.5 Å². The highest BCUT2D eigenvalue weighted by atomic mass is 16.5. The number of aliphatic hydroxyl groups excluding tert-OH is 1. The van der Waals surface area contributed by atoms with E-state index in [1.54, 1.807) is 18.3 Å². The van der Waals surface area contributed by atoms with Crippen LogP contribution in [0.3, 0.4) is 0 Å². The summed E-state index contributed by atoms with van der Waals surface area (Å²) in [5.74, 6) is -1.05. The van der Waals surface area contributed by atoms with Crippen LogP contribution in [-0.2, 0) is 20.9 Å². The molecule has 0 aliphatic heterocycles. The summed E-state index contributed by atoms with van der Waals surface area (Å²) in [6.07, 6.45) is 8.90. The number of hydrogen-bond donors (Lipinski definition) is 4. The van der Waals surface area contributed by atoms with Crippen molar-refractivity contribution < 1.29 is 24.2 Å². The smallest absolute Gasteiger partial charge is 0.407 e. The van der Waals surface area contributed by atoms with Gasteiger partial charge in [-0.05, 0) is 61.6 Å². The van der Waals surface area contributed by atoms with E-state index in [4.69, 9.17) is 10.5 Å². The lowest BCUT2D eigenvalue weighted by Crippen LogP contribution is -2.42. The number of nitrogens with two attached hydrogens (primary N) is 1. The Bertz CT molecular complexity index is 1050. The Morgan fingerprint density at radius 2 is 1.76 bits per heavy atom. The van der Waals surface area contributed by atoms with Crippen LogP contribution in [0.2, 0.25) is 0 Å². The monoisotopic (exact) mass is 508 g/mol. The summed E-state index contributed by atoms with van der Waals surface area (Å²) in [5, 5.41) is 15.3. The van der Waals surface area contributed by atoms with Gasteiger partial charge in [-0.15, -0.1) is 0 Å². The summed E-state index contributed by atoms with van der Waals surface area (Å²) in [7, 11) is 0. The van der Waals surface area contributed by atoms with E-state index in [0.717, 1.165) is 49.7 Å². The molecule has 2 aliphatic carbocycles. The number of carbonyl (C=O) groups excluding carboxylic acids is 3. The Morgan fingerprint density at radius 3 is 2.43 bits per heavy atom. The second kappa shape index (κ2) is 12.7. The molecule has 1 aromatic heterocycles. The Morgan fingerprint density at radius 1 is 1.03 bits per heavy atom. The zero-order chi connectivity index (χ0) is 26.2. The molecule has 1 aromatic carbocycles. The molecule has 3 amide bonds. The minimum Gasteiger partial charge on any atom is -0.445 e. The number of aliphatic hydroxyl groups is 1. The molecule has 0 spiro atoms. The van der Waals surface area contributed by atoms with Gasteiger partial charge in [0.15, 0.2) is 0 Å². The third-order valence-corrected chi connectivity index (χ3v) is 7.49. The van der Waals surface area contributed by atoms with Crippen molar-refractivity contribution in [3.8, 4) is 0 Å². The van der Waals surface area contributed by atoms with Gasteiger partial charge in [-0.1, -0.05) is 43.2 Å². The minimum absolute atomic E-state index is 0.0242. The molecule has 2 aromatic rings. The van der Waals surface area contributed by atoms with E-state index in [0.29, 0.717) is 18.4 Å². The molecule has 37 heavy (non-hydrogen) atoms. The van der Waals surface area contributed by atoms with Crippen molar-refractivity contribution >= 4 is 17.9 Å². The first-order valence-electron chi connectivity index (χ1n) is 13.1. The maximum absolute atomic E-state index is 13.3. The molecule has 2 saturated carbocycles. The molecule has 0 bridgehead atoms. The van der Waals surface area contributed by atoms with Crippen LogP contribution in [0.1, 0.15) is 80.0 Å². The van der Waals surface area contributed by atoms with Crippen LogP contribution in [0.25, 0.3) is 0 Å². The molecule has 198 valence electrons. The van der Waals surface area contributed by atoms with Gasteiger partial charge in [-0.25, -0.2) is 4.79 Å². The van der Waals surface area contributed by atoms with Gasteiger partial charge in [0.05, 0.1) is 6.10 Å². The highest BCUT2D eigenvalue weighted by Crippen LogP contribution is 2.38. The Labute approximate surface area is 217 Å². The van der Waals surface area contributed by atoms with Gasteiger partial charge < -0.3 is 26.2 Å². The number of nitrogens with one attached hydrogen (secondary N) is 2. The molecule has 5 N–H and O–H groups in total. The van der Waals surface area contributed by atoms with Crippen molar-refractivity contribution in [1.29, 1.82) is 0 Å². The average molecular weight is 509 g/mol. The SMILES string of the molecule is NC(=O)C(NC(=O)C1CCCCC1c1ccc(COC(=O)NC2CCC(O)CC2)cc1)c1cccnc1. The number of aromatic nitrogens is 1. The zero-order valence-electron chi connectivity index (χ0n) is 21.0. The molecule has 9 heteroatoms. The van der Waals surface area contributed by atoms with Crippen LogP contribution in [0.15, 0.2) is 48.8 Å². The van der Waals surface area contributed by atoms with E-state index in [1.807, 2.05) is 24.3 Å². The van der Waals surface area contributed by atoms with Crippen molar-refractivity contribution in [2.24, 2.45) is 11.7 Å². The van der Waals surface area contributed by atoms with Crippen LogP contribution in [0.5, 0.6) is 0 Å². The largest absolute Gasteiger partial charge is 0.445 e. The number of nitrogens with zero attached hydrogens (tertiary/aromatic N) is 1. The number of rotatable bonds is 8. The number of pyridine rings is 1. The van der Waals surface area contributed by atoms with Gasteiger partial charge in [0, 0.05) is 29.9 Å². The van der Waals surface area contributed by atoms with E-state index in [2.05, 4.69) is 15.6 Å². The molecule has 2 aliphatic rings. The fraction of sp³-hybridized carbons (Fsp3) is 0.500. The Hall–Kier alpha value is -3.46. The first-order valence-corrected chi connectivity index (χ1v) is 13.1. The van der Waals surface area contributed by atoms with Gasteiger partial charge >= 0.3 is 6.09 Å². The van der Waals surface area contributed by atoms with Crippen LogP contribution < -0.4 is 16.4 Å². The summed E-state index contributed by atoms with van der Waals surface area (Å²) in [5.41, 5.74) is 8.05. The number of benzene rings is 1. The third-order valence-electron chi connectivity index (χ3n) is 7.49. The normalized spacial score (nSPS) is 24.5. The fourth-order valence-corrected chi connectivity index (χ4v) is 5.40. The quantitative estimate of drug-likeness (QED) is 0.431. The first kappa shape index (κ1) is 26.6. The summed E-state index contributed by atoms with van der Waals surface area (Å²) in [4.78, 5) is 41.5. The molecule has 1 heterocycles. The number of carbonyl (C=O) groups is 3. The second-order valence-electron chi connectivity index (χ2n) is 10.1. The van der Waals surface area contributed by atoms with Crippen LogP contribution >= 0.6 is 0 Å². The van der Waals surface area contributed by atoms with Crippen molar-refractivity contribution in [3.63, 3.8) is 0 Å². The van der Waals surface area contributed by atoms with Gasteiger partial charge in [-0.2, -0.15) is 0 Å². The maximum atomic E-state index is 13.3. The number of hydrogen-bond acceptors (Lipinski definition) is 6. The van der Waals surface area contributed by atoms with Crippen molar-refractivity contribution in [2.45, 2.75) is 82.1 Å². The third kappa shape index (κ3) is 7.29. The maximum Gasteiger partial charge on any atom is 0.407 e. The molecule has 2 fully saturated rings. The van der Waals surface area contributed by atoms with Gasteiger partial charge in [0.2, 0.25) is 11.8 Å². The number of amides is 3. The predicted octanol–water partition coefficient (Wildman–Crippen LogP) is 3.23. The number of alkyl carbamates (subject to hydrolysis) is 1. The molecule has 9 nitrogen and oxygen atoms in total. The average Bonchev–Trinajstić information content (AvgIpc) is 2.92. The molecule has 0 radical (unpaired) electrons. The minimum atomic E-state index is -0.923. The van der Waals surface area contributed by atoms with E-state index in [1.165, 1.54) is 6.20 Å². The molecule has 3 atom stereocenters. The van der Waals surface area contributed by atoms with Crippen LogP contribution in [0, 0.1) is 5.92 Å². The van der Waals surface area contributed by atoms with Crippen LogP contribution in [0.4, 0.5) is 4.79 Å². The fourth-order valence-electron chi connectivity index (χ4n) is 5.40. The molecule has 4 rings (SSSR count). The molecule has 3 unspecified atom stereocenters. The lowest BCUT2D eigenvalue weighted by molar-refractivity contribution is -0.131. The van der Waals surface area contributed by atoms with E-state index < -0.39 is 18.0 Å². The highest BCUT2D eigenvalue weighted by Gasteiger charge is 2.34. The van der Waals surface area contributed by atoms with Gasteiger partial charge in [0.1, 0.15) is 12.6 Å². The molecule has 0 saturated heterocycles.